The highest BCUT2D eigenvalue weighted by Crippen LogP contribution is 2.24. The number of aliphatic hydroxyl groups is 1. The van der Waals surface area contributed by atoms with Crippen LogP contribution in [0.5, 0.6) is 0 Å². The van der Waals surface area contributed by atoms with Crippen molar-refractivity contribution in [1.82, 2.24) is 9.97 Å². The van der Waals surface area contributed by atoms with Gasteiger partial charge in [0.15, 0.2) is 5.84 Å². The Balaban J connectivity index is 2.18. The number of hydrogen-bond acceptors (Lipinski definition) is 7. The predicted molar refractivity (Wildman–Crippen MR) is 72.8 cm³/mol. The minimum atomic E-state index is -0.377. The molecule has 0 saturated carbocycles. The van der Waals surface area contributed by atoms with Gasteiger partial charge in [-0.3, -0.25) is 0 Å². The highest BCUT2D eigenvalue weighted by molar-refractivity contribution is 5.94. The normalized spacial score (nSPS) is 22.9. The molecule has 2 rings (SSSR count). The third-order valence-corrected chi connectivity index (χ3v) is 3.02. The molecule has 0 aromatic carbocycles. The number of nitrogens with zero attached hydrogens (tertiary/aromatic N) is 4. The van der Waals surface area contributed by atoms with Gasteiger partial charge in [-0.2, -0.15) is 0 Å². The fourth-order valence-corrected chi connectivity index (χ4v) is 2.23. The van der Waals surface area contributed by atoms with Crippen molar-refractivity contribution in [2.45, 2.75) is 25.6 Å². The molecule has 0 bridgehead atoms. The van der Waals surface area contributed by atoms with Gasteiger partial charge in [-0.05, 0) is 13.8 Å². The van der Waals surface area contributed by atoms with Crippen LogP contribution in [-0.4, -0.2) is 57.5 Å². The van der Waals surface area contributed by atoms with E-state index < -0.39 is 0 Å². The first-order valence-corrected chi connectivity index (χ1v) is 6.29. The number of anilines is 1. The van der Waals surface area contributed by atoms with Crippen molar-refractivity contribution in [1.29, 1.82) is 0 Å². The first kappa shape index (κ1) is 14.5. The molecule has 4 N–H and O–H groups in total. The average molecular weight is 281 g/mol. The van der Waals surface area contributed by atoms with Crippen LogP contribution < -0.4 is 10.6 Å². The van der Waals surface area contributed by atoms with Gasteiger partial charge in [0, 0.05) is 13.1 Å². The number of aromatic nitrogens is 2. The summed E-state index contributed by atoms with van der Waals surface area (Å²) in [5.74, 6) is 0.578. The number of aliphatic hydroxyl groups excluding tert-OH is 1. The van der Waals surface area contributed by atoms with Gasteiger partial charge in [-0.25, -0.2) is 9.97 Å². The van der Waals surface area contributed by atoms with Crippen LogP contribution >= 0.6 is 0 Å². The fraction of sp³-hybridized carbons (Fsp3) is 0.583. The summed E-state index contributed by atoms with van der Waals surface area (Å²) in [6.07, 6.45) is 2.74. The molecule has 1 fully saturated rings. The van der Waals surface area contributed by atoms with E-state index in [-0.39, 0.29) is 24.1 Å². The maximum atomic E-state index is 9.29. The first-order valence-electron chi connectivity index (χ1n) is 6.29. The van der Waals surface area contributed by atoms with Crippen molar-refractivity contribution in [2.24, 2.45) is 10.9 Å². The molecule has 110 valence electrons. The molecule has 0 amide bonds. The lowest BCUT2D eigenvalue weighted by Crippen LogP contribution is -2.54. The zero-order valence-electron chi connectivity index (χ0n) is 11.5. The molecule has 20 heavy (non-hydrogen) atoms. The van der Waals surface area contributed by atoms with Crippen molar-refractivity contribution in [3.8, 4) is 0 Å². The molecule has 0 spiro atoms. The minimum absolute atomic E-state index is 0.0461. The Kier molecular flexibility index (Phi) is 4.05. The van der Waals surface area contributed by atoms with Crippen molar-refractivity contribution in [2.75, 3.05) is 24.6 Å². The zero-order valence-corrected chi connectivity index (χ0v) is 11.5. The van der Waals surface area contributed by atoms with Crippen LogP contribution in [0.15, 0.2) is 17.5 Å². The molecular weight excluding hydrogens is 262 g/mol. The lowest BCUT2D eigenvalue weighted by molar-refractivity contribution is -0.101. The second-order valence-corrected chi connectivity index (χ2v) is 5.31. The van der Waals surface area contributed by atoms with E-state index >= 15 is 0 Å². The lowest BCUT2D eigenvalue weighted by Gasteiger charge is -2.42. The van der Waals surface area contributed by atoms with Gasteiger partial charge >= 0.3 is 0 Å². The van der Waals surface area contributed by atoms with Crippen LogP contribution in [0, 0.1) is 0 Å². The largest absolute Gasteiger partial charge is 0.409 e. The number of amidine groups is 1. The standard InChI is InChI=1S/C12H19N5O3/c1-12(2)7-17(5-8(6-18)20-12)10-4-14-9(3-15-10)11(13)16-19/h3-4,8,18-19H,5-7H2,1-2H3,(H2,13,16). The molecule has 2 heterocycles. The molecule has 1 saturated heterocycles. The monoisotopic (exact) mass is 281 g/mol. The van der Waals surface area contributed by atoms with E-state index in [1.807, 2.05) is 18.7 Å². The van der Waals surface area contributed by atoms with E-state index in [1.165, 1.54) is 6.20 Å². The van der Waals surface area contributed by atoms with Crippen LogP contribution in [0.3, 0.4) is 0 Å². The van der Waals surface area contributed by atoms with Crippen molar-refractivity contribution >= 4 is 11.7 Å². The van der Waals surface area contributed by atoms with Gasteiger partial charge < -0.3 is 25.7 Å². The molecule has 1 aliphatic heterocycles. The predicted octanol–water partition coefficient (Wildman–Crippen LogP) is -0.453. The molecule has 0 aliphatic carbocycles. The van der Waals surface area contributed by atoms with Crippen LogP contribution in [-0.2, 0) is 4.74 Å². The number of ether oxygens (including phenoxy) is 1. The minimum Gasteiger partial charge on any atom is -0.409 e. The van der Waals surface area contributed by atoms with Gasteiger partial charge in [0.25, 0.3) is 0 Å². The summed E-state index contributed by atoms with van der Waals surface area (Å²) in [5, 5.41) is 20.7. The number of oxime groups is 1. The second-order valence-electron chi connectivity index (χ2n) is 5.31. The first-order chi connectivity index (χ1) is 9.45. The lowest BCUT2D eigenvalue weighted by atomic mass is 10.1. The molecular formula is C12H19N5O3. The third kappa shape index (κ3) is 3.14. The van der Waals surface area contributed by atoms with E-state index in [4.69, 9.17) is 15.7 Å². The van der Waals surface area contributed by atoms with E-state index in [9.17, 15) is 5.11 Å². The summed E-state index contributed by atoms with van der Waals surface area (Å²) in [5.41, 5.74) is 5.37. The van der Waals surface area contributed by atoms with Crippen LogP contribution in [0.2, 0.25) is 0 Å². The van der Waals surface area contributed by atoms with E-state index in [1.54, 1.807) is 6.20 Å². The molecule has 0 radical (unpaired) electrons. The Hall–Kier alpha value is -1.93. The highest BCUT2D eigenvalue weighted by Gasteiger charge is 2.33. The summed E-state index contributed by atoms with van der Waals surface area (Å²) >= 11 is 0. The van der Waals surface area contributed by atoms with Crippen molar-refractivity contribution in [3.63, 3.8) is 0 Å². The zero-order chi connectivity index (χ0) is 14.8. The van der Waals surface area contributed by atoms with Gasteiger partial charge in [-0.15, -0.1) is 0 Å². The molecule has 1 aromatic heterocycles. The molecule has 8 nitrogen and oxygen atoms in total. The van der Waals surface area contributed by atoms with E-state index in [0.717, 1.165) is 0 Å². The molecule has 8 heteroatoms. The number of hydrogen-bond donors (Lipinski definition) is 3. The van der Waals surface area contributed by atoms with Gasteiger partial charge in [-0.1, -0.05) is 5.16 Å². The van der Waals surface area contributed by atoms with Gasteiger partial charge in [0.2, 0.25) is 0 Å². The quantitative estimate of drug-likeness (QED) is 0.297. The topological polar surface area (TPSA) is 117 Å². The Morgan fingerprint density at radius 1 is 1.55 bits per heavy atom. The SMILES string of the molecule is CC1(C)CN(c2cnc(C(N)=NO)cn2)CC(CO)O1. The molecule has 1 aliphatic rings. The summed E-state index contributed by atoms with van der Waals surface area (Å²) in [6, 6.07) is 0. The molecule has 1 aromatic rings. The Morgan fingerprint density at radius 3 is 2.85 bits per heavy atom. The Labute approximate surface area is 116 Å². The fourth-order valence-electron chi connectivity index (χ4n) is 2.23. The smallest absolute Gasteiger partial charge is 0.190 e. The van der Waals surface area contributed by atoms with Gasteiger partial charge in [0.1, 0.15) is 11.5 Å². The Bertz CT molecular complexity index is 488. The van der Waals surface area contributed by atoms with Crippen LogP contribution in [0.1, 0.15) is 19.5 Å². The van der Waals surface area contributed by atoms with E-state index in [2.05, 4.69) is 15.1 Å². The van der Waals surface area contributed by atoms with Gasteiger partial charge in [0.05, 0.1) is 30.7 Å². The summed E-state index contributed by atoms with van der Waals surface area (Å²) in [7, 11) is 0. The van der Waals surface area contributed by atoms with E-state index in [0.29, 0.717) is 24.6 Å². The summed E-state index contributed by atoms with van der Waals surface area (Å²) < 4.78 is 5.74. The van der Waals surface area contributed by atoms with Crippen molar-refractivity contribution in [3.05, 3.63) is 18.1 Å². The number of rotatable bonds is 3. The van der Waals surface area contributed by atoms with Crippen LogP contribution in [0.4, 0.5) is 5.82 Å². The maximum absolute atomic E-state index is 9.29. The third-order valence-electron chi connectivity index (χ3n) is 3.02. The van der Waals surface area contributed by atoms with Crippen molar-refractivity contribution < 1.29 is 15.1 Å². The summed E-state index contributed by atoms with van der Waals surface area (Å²) in [4.78, 5) is 10.4. The van der Waals surface area contributed by atoms with Crippen LogP contribution in [0.25, 0.3) is 0 Å². The maximum Gasteiger partial charge on any atom is 0.190 e. The second kappa shape index (κ2) is 5.59. The molecule has 1 atom stereocenters. The number of nitrogens with two attached hydrogens (primary N) is 1. The molecule has 1 unspecified atom stereocenters. The highest BCUT2D eigenvalue weighted by atomic mass is 16.5. The number of morpholine rings is 1. The Morgan fingerprint density at radius 2 is 2.30 bits per heavy atom. The summed E-state index contributed by atoms with van der Waals surface area (Å²) in [6.45, 7) is 5.05. The average Bonchev–Trinajstić information content (AvgIpc) is 2.44.